The SMILES string of the molecule is c1ccc(-n2c3ccccc3c3c4c(ccc32)B2c3ccccc3Oc3cccc(c32)O4)cc1.c1ccc2c(c1)Oc1cccc3c1B2c1c(ccc2oc4ccccc4c12)O3.c1ccc2c(c1)Oc1cccc3c1B2c1cc2c(cc1O3)oc1ccccc12.c1ccc2c(c1)Oc1cccc3c1B2c1ccc2c(oc4ccccc42)c1O3.c1ccc2c(c1)Oc1cccc3c1B2c1ccc2c(sc4ccccc42)c1O3. The molecule has 36 rings (SSSR count). The van der Waals surface area contributed by atoms with Gasteiger partial charge >= 0.3 is 0 Å². The second-order valence-corrected chi connectivity index (χ2v) is 39.2. The van der Waals surface area contributed by atoms with Crippen LogP contribution in [0.5, 0.6) is 115 Å². The van der Waals surface area contributed by atoms with Gasteiger partial charge in [-0.15, -0.1) is 11.3 Å². The summed E-state index contributed by atoms with van der Waals surface area (Å²) in [7, 11) is 0. The number of hydrogen-bond acceptors (Lipinski definition) is 14. The molecule has 10 aliphatic heterocycles. The molecule has 0 bridgehead atoms. The highest BCUT2D eigenvalue weighted by Gasteiger charge is 2.48. The van der Waals surface area contributed by atoms with Crippen LogP contribution in [0.2, 0.25) is 0 Å². The Morgan fingerprint density at radius 2 is 0.548 bits per heavy atom. The van der Waals surface area contributed by atoms with Gasteiger partial charge in [-0.3, -0.25) is 0 Å². The Hall–Kier alpha value is -18.6. The molecular formula is C126H70B5NO13S. The van der Waals surface area contributed by atoms with Gasteiger partial charge in [-0.1, -0.05) is 267 Å². The van der Waals surface area contributed by atoms with Crippen molar-refractivity contribution in [3.8, 4) is 121 Å². The zero-order chi connectivity index (χ0) is 95.2. The number of hydrogen-bond donors (Lipinski definition) is 0. The van der Waals surface area contributed by atoms with Crippen LogP contribution in [0.25, 0.3) is 113 Å². The predicted molar refractivity (Wildman–Crippen MR) is 590 cm³/mol. The van der Waals surface area contributed by atoms with Gasteiger partial charge < -0.3 is 65.2 Å². The molecule has 5 aromatic heterocycles. The second-order valence-electron chi connectivity index (χ2n) is 38.1. The molecule has 146 heavy (non-hydrogen) atoms. The lowest BCUT2D eigenvalue weighted by Crippen LogP contribution is -2.57. The number of para-hydroxylation sites is 10. The van der Waals surface area contributed by atoms with E-state index < -0.39 is 0 Å². The maximum atomic E-state index is 6.72. The summed E-state index contributed by atoms with van der Waals surface area (Å²) >= 11 is 1.81. The lowest BCUT2D eigenvalue weighted by Gasteiger charge is -2.33. The van der Waals surface area contributed by atoms with Crippen molar-refractivity contribution in [2.75, 3.05) is 0 Å². The summed E-state index contributed by atoms with van der Waals surface area (Å²) in [6.45, 7) is 0.401. The molecule has 10 aliphatic rings. The Balaban J connectivity index is 0.0000000815. The molecule has 0 amide bonds. The normalized spacial score (nSPS) is 13.4. The first kappa shape index (κ1) is 81.1. The lowest BCUT2D eigenvalue weighted by molar-refractivity contribution is 0.461. The van der Waals surface area contributed by atoms with Crippen LogP contribution < -0.4 is 129 Å². The maximum absolute atomic E-state index is 6.72. The summed E-state index contributed by atoms with van der Waals surface area (Å²) in [5.74, 6) is 17.7. The standard InChI is InChI=1S/C30H18BNO2.3C24H13BO3.C24H13BO2S/c1-2-9-19(10-3-1)32-23-13-6-4-11-20(23)28-24(32)18-17-22-30(28)34-27-16-8-15-26-29(27)31(22)21-12-5-7-14-25(21)33-26;1-3-8-18-14(6-1)15-12-17-23(13-22(15)26-18)28-21-11-5-10-20-24(21)25(17)16-7-2-4-9-19(16)27-20;1-3-8-18-14(6-1)15-12-13-17-24(23(15)27-18)28-21-11-5-10-20-22(21)25(17)16-7-2-4-9-19(16)26-20;1-3-8-16-14(6-1)22-18(26-16)12-13-21-24(22)25-15-7-2-4-9-17(15)27-19-10-5-11-20(28-21)23(19)25;1-4-11-21-14(6-1)15-12-13-17-23(24(15)28-21)27-20-10-5-9-19-22(20)25(17)16-7-2-3-8-18(16)26-19/h1-18H;4*1-13H. The first-order valence-corrected chi connectivity index (χ1v) is 50.0. The smallest absolute Gasteiger partial charge is 0.261 e. The van der Waals surface area contributed by atoms with Crippen molar-refractivity contribution in [2.24, 2.45) is 0 Å². The molecule has 0 aliphatic carbocycles. The molecule has 20 heteroatoms. The molecule has 0 atom stereocenters. The minimum atomic E-state index is 0.0459. The van der Waals surface area contributed by atoms with Crippen molar-refractivity contribution in [1.82, 2.24) is 4.57 Å². The Kier molecular flexibility index (Phi) is 17.5. The Labute approximate surface area is 839 Å². The fourth-order valence-electron chi connectivity index (χ4n) is 24.3. The quantitative estimate of drug-likeness (QED) is 0.144. The van der Waals surface area contributed by atoms with E-state index in [0.717, 1.165) is 252 Å². The highest BCUT2D eigenvalue weighted by atomic mass is 32.1. The van der Waals surface area contributed by atoms with Crippen LogP contribution in [0, 0.1) is 0 Å². The largest absolute Gasteiger partial charge is 0.458 e. The van der Waals surface area contributed by atoms with Crippen molar-refractivity contribution < 1.29 is 60.6 Å². The molecule has 0 fully saturated rings. The molecular weight excluding hydrogens is 1820 g/mol. The summed E-state index contributed by atoms with van der Waals surface area (Å²) in [4.78, 5) is 0. The van der Waals surface area contributed by atoms with Gasteiger partial charge in [0.15, 0.2) is 11.3 Å². The predicted octanol–water partition coefficient (Wildman–Crippen LogP) is 23.2. The summed E-state index contributed by atoms with van der Waals surface area (Å²) in [6.07, 6.45) is 0. The molecule has 0 saturated heterocycles. The Morgan fingerprint density at radius 1 is 0.178 bits per heavy atom. The topological polar surface area (TPSA) is 137 Å². The lowest BCUT2D eigenvalue weighted by atomic mass is 9.34. The summed E-state index contributed by atoms with van der Waals surface area (Å²) in [5.41, 5.74) is 25.8. The van der Waals surface area contributed by atoms with Crippen LogP contribution in [0.1, 0.15) is 0 Å². The van der Waals surface area contributed by atoms with Crippen molar-refractivity contribution in [2.45, 2.75) is 0 Å². The van der Waals surface area contributed by atoms with Crippen LogP contribution >= 0.6 is 11.3 Å². The molecule has 0 N–H and O–H groups in total. The fraction of sp³-hybridized carbons (Fsp3) is 0. The summed E-state index contributed by atoms with van der Waals surface area (Å²) in [5, 5.41) is 11.6. The number of benzene rings is 21. The third-order valence-electron chi connectivity index (χ3n) is 30.4. The molecule has 0 spiro atoms. The second kappa shape index (κ2) is 31.4. The highest BCUT2D eigenvalue weighted by Crippen LogP contribution is 2.50. The van der Waals surface area contributed by atoms with E-state index in [-0.39, 0.29) is 33.6 Å². The molecule has 0 radical (unpaired) electrons. The third kappa shape index (κ3) is 12.0. The monoisotopic (exact) mass is 1890 g/mol. The number of furan rings is 3. The van der Waals surface area contributed by atoms with Crippen molar-refractivity contribution >= 4 is 235 Å². The van der Waals surface area contributed by atoms with Gasteiger partial charge in [0, 0.05) is 92.2 Å². The zero-order valence-electron chi connectivity index (χ0n) is 77.5. The van der Waals surface area contributed by atoms with Crippen molar-refractivity contribution in [1.29, 1.82) is 0 Å². The minimum Gasteiger partial charge on any atom is -0.458 e. The number of ether oxygens (including phenoxy) is 10. The molecule has 678 valence electrons. The number of rotatable bonds is 1. The van der Waals surface area contributed by atoms with Crippen LogP contribution in [0.3, 0.4) is 0 Å². The summed E-state index contributed by atoms with van der Waals surface area (Å²) in [6, 6.07) is 145. The summed E-state index contributed by atoms with van der Waals surface area (Å²) < 4.78 is 86.6. The molecule has 14 nitrogen and oxygen atoms in total. The number of fused-ring (bicyclic) bond motifs is 39. The van der Waals surface area contributed by atoms with Gasteiger partial charge in [-0.2, -0.15) is 0 Å². The average molecular weight is 1890 g/mol. The minimum absolute atomic E-state index is 0.0459. The fourth-order valence-corrected chi connectivity index (χ4v) is 25.5. The average Bonchev–Trinajstić information content (AvgIpc) is 1.46. The Bertz CT molecular complexity index is 9930. The number of aromatic nitrogens is 1. The Morgan fingerprint density at radius 3 is 1.10 bits per heavy atom. The molecule has 26 aromatic rings. The van der Waals surface area contributed by atoms with E-state index in [1.165, 1.54) is 58.4 Å². The molecule has 0 saturated carbocycles. The first-order valence-electron chi connectivity index (χ1n) is 49.2. The zero-order valence-corrected chi connectivity index (χ0v) is 78.3. The van der Waals surface area contributed by atoms with Crippen LogP contribution in [0.15, 0.2) is 438 Å². The molecule has 0 unspecified atom stereocenters. The van der Waals surface area contributed by atoms with E-state index in [9.17, 15) is 0 Å². The van der Waals surface area contributed by atoms with Crippen LogP contribution in [-0.2, 0) is 0 Å². The van der Waals surface area contributed by atoms with Gasteiger partial charge in [-0.05, 0) is 206 Å². The van der Waals surface area contributed by atoms with Crippen molar-refractivity contribution in [3.63, 3.8) is 0 Å². The van der Waals surface area contributed by atoms with Gasteiger partial charge in [0.2, 0.25) is 0 Å². The third-order valence-corrected chi connectivity index (χ3v) is 31.6. The van der Waals surface area contributed by atoms with Crippen molar-refractivity contribution in [3.05, 3.63) is 425 Å². The van der Waals surface area contributed by atoms with Gasteiger partial charge in [0.05, 0.1) is 21.1 Å². The van der Waals surface area contributed by atoms with Gasteiger partial charge in [-0.25, -0.2) is 0 Å². The number of thiophene rings is 1. The maximum Gasteiger partial charge on any atom is 0.261 e. The van der Waals surface area contributed by atoms with E-state index >= 15 is 0 Å². The molecule has 15 heterocycles. The van der Waals surface area contributed by atoms with Gasteiger partial charge in [0.1, 0.15) is 137 Å². The molecule has 21 aromatic carbocycles. The van der Waals surface area contributed by atoms with Gasteiger partial charge in [0.25, 0.3) is 33.6 Å². The van der Waals surface area contributed by atoms with E-state index in [4.69, 9.17) is 60.6 Å². The number of nitrogens with zero attached hydrogens (tertiary/aromatic N) is 1. The van der Waals surface area contributed by atoms with E-state index in [1.807, 2.05) is 205 Å². The van der Waals surface area contributed by atoms with Crippen LogP contribution in [0.4, 0.5) is 0 Å². The van der Waals surface area contributed by atoms with E-state index in [0.29, 0.717) is 0 Å². The van der Waals surface area contributed by atoms with E-state index in [2.05, 4.69) is 235 Å². The van der Waals surface area contributed by atoms with Crippen LogP contribution in [-0.4, -0.2) is 38.1 Å². The highest BCUT2D eigenvalue weighted by molar-refractivity contribution is 7.26. The first-order chi connectivity index (χ1) is 72.4. The van der Waals surface area contributed by atoms with E-state index in [1.54, 1.807) is 0 Å².